The molecule has 0 aliphatic carbocycles. The highest BCUT2D eigenvalue weighted by Gasteiger charge is 2.13. The summed E-state index contributed by atoms with van der Waals surface area (Å²) in [5.41, 5.74) is 5.99. The Morgan fingerprint density at radius 2 is 2.05 bits per heavy atom. The van der Waals surface area contributed by atoms with Gasteiger partial charge in [-0.2, -0.15) is 0 Å². The lowest BCUT2D eigenvalue weighted by Crippen LogP contribution is -2.10. The van der Waals surface area contributed by atoms with Gasteiger partial charge in [-0.3, -0.25) is 0 Å². The molecule has 0 bridgehead atoms. The van der Waals surface area contributed by atoms with Crippen LogP contribution in [-0.4, -0.2) is 28.3 Å². The van der Waals surface area contributed by atoms with Crippen LogP contribution >= 0.6 is 11.8 Å². The smallest absolute Gasteiger partial charge is 0.343 e. The van der Waals surface area contributed by atoms with Crippen LogP contribution in [0, 0.1) is 0 Å². The van der Waals surface area contributed by atoms with Crippen molar-refractivity contribution in [1.82, 2.24) is 9.97 Å². The second-order valence-corrected chi connectivity index (χ2v) is 5.50. The van der Waals surface area contributed by atoms with Crippen LogP contribution in [0.5, 0.6) is 0 Å². The van der Waals surface area contributed by atoms with E-state index in [2.05, 4.69) is 16.9 Å². The number of thioether (sulfide) groups is 1. The van der Waals surface area contributed by atoms with Gasteiger partial charge in [-0.1, -0.05) is 44.4 Å². The molecule has 0 unspecified atom stereocenters. The standard InChI is InChI=1S/C14H23N3O2S/c1-3-5-6-7-8-9-20-14-16-10-11(12(15)17-14)13(18)19-4-2/h10H,3-9H2,1-2H3,(H2,15,16,17). The average Bonchev–Trinajstić information content (AvgIpc) is 2.43. The zero-order valence-corrected chi connectivity index (χ0v) is 13.0. The molecule has 1 rings (SSSR count). The van der Waals surface area contributed by atoms with E-state index < -0.39 is 5.97 Å². The first-order valence-corrected chi connectivity index (χ1v) is 8.10. The number of carbonyl (C=O) groups excluding carboxylic acids is 1. The summed E-state index contributed by atoms with van der Waals surface area (Å²) in [5, 5.41) is 0.617. The number of aromatic nitrogens is 2. The van der Waals surface area contributed by atoms with Crippen molar-refractivity contribution >= 4 is 23.5 Å². The van der Waals surface area contributed by atoms with Gasteiger partial charge in [0, 0.05) is 11.9 Å². The third-order valence-electron chi connectivity index (χ3n) is 2.77. The minimum atomic E-state index is -0.471. The summed E-state index contributed by atoms with van der Waals surface area (Å²) in [6, 6.07) is 0. The van der Waals surface area contributed by atoms with Crippen LogP contribution in [0.15, 0.2) is 11.4 Å². The molecule has 0 saturated heterocycles. The maximum Gasteiger partial charge on any atom is 0.343 e. The molecule has 0 spiro atoms. The molecule has 5 nitrogen and oxygen atoms in total. The number of rotatable bonds is 9. The predicted octanol–water partition coefficient (Wildman–Crippen LogP) is 3.30. The Hall–Kier alpha value is -1.30. The van der Waals surface area contributed by atoms with Gasteiger partial charge in [-0.15, -0.1) is 0 Å². The highest BCUT2D eigenvalue weighted by molar-refractivity contribution is 7.99. The number of anilines is 1. The molecule has 0 amide bonds. The van der Waals surface area contributed by atoms with E-state index in [9.17, 15) is 4.79 Å². The molecule has 0 aromatic carbocycles. The van der Waals surface area contributed by atoms with Crippen molar-refractivity contribution in [3.63, 3.8) is 0 Å². The van der Waals surface area contributed by atoms with Gasteiger partial charge in [0.25, 0.3) is 0 Å². The first-order chi connectivity index (χ1) is 9.69. The summed E-state index contributed by atoms with van der Waals surface area (Å²) in [4.78, 5) is 19.8. The number of nitrogens with zero attached hydrogens (tertiary/aromatic N) is 2. The number of hydrogen-bond donors (Lipinski definition) is 1. The van der Waals surface area contributed by atoms with Gasteiger partial charge >= 0.3 is 5.97 Å². The minimum Gasteiger partial charge on any atom is -0.462 e. The van der Waals surface area contributed by atoms with Crippen molar-refractivity contribution in [3.8, 4) is 0 Å². The van der Waals surface area contributed by atoms with Gasteiger partial charge in [-0.25, -0.2) is 14.8 Å². The first kappa shape index (κ1) is 16.8. The van der Waals surface area contributed by atoms with Crippen molar-refractivity contribution in [2.75, 3.05) is 18.1 Å². The van der Waals surface area contributed by atoms with Gasteiger partial charge < -0.3 is 10.5 Å². The van der Waals surface area contributed by atoms with E-state index in [1.807, 2.05) is 0 Å². The normalized spacial score (nSPS) is 10.5. The highest BCUT2D eigenvalue weighted by Crippen LogP contribution is 2.18. The maximum atomic E-state index is 11.5. The molecule has 0 fully saturated rings. The molecule has 2 N–H and O–H groups in total. The number of esters is 1. The lowest BCUT2D eigenvalue weighted by molar-refractivity contribution is 0.0526. The Morgan fingerprint density at radius 3 is 2.70 bits per heavy atom. The van der Waals surface area contributed by atoms with Gasteiger partial charge in [0.15, 0.2) is 5.16 Å². The summed E-state index contributed by atoms with van der Waals surface area (Å²) >= 11 is 1.57. The van der Waals surface area contributed by atoms with E-state index in [4.69, 9.17) is 10.5 Å². The fraction of sp³-hybridized carbons (Fsp3) is 0.643. The van der Waals surface area contributed by atoms with E-state index in [1.165, 1.54) is 31.9 Å². The molecule has 0 aliphatic rings. The van der Waals surface area contributed by atoms with Crippen molar-refractivity contribution < 1.29 is 9.53 Å². The molecule has 0 atom stereocenters. The van der Waals surface area contributed by atoms with E-state index in [1.54, 1.807) is 18.7 Å². The Labute approximate surface area is 124 Å². The molecule has 0 radical (unpaired) electrons. The van der Waals surface area contributed by atoms with Gasteiger partial charge in [-0.05, 0) is 13.3 Å². The Morgan fingerprint density at radius 1 is 1.30 bits per heavy atom. The van der Waals surface area contributed by atoms with Gasteiger partial charge in [0.1, 0.15) is 11.4 Å². The molecule has 6 heteroatoms. The fourth-order valence-corrected chi connectivity index (χ4v) is 2.50. The number of nitrogen functional groups attached to an aromatic ring is 1. The third kappa shape index (κ3) is 5.77. The molecular formula is C14H23N3O2S. The molecule has 0 saturated carbocycles. The molecule has 0 aliphatic heterocycles. The van der Waals surface area contributed by atoms with E-state index >= 15 is 0 Å². The lowest BCUT2D eigenvalue weighted by atomic mass is 10.2. The van der Waals surface area contributed by atoms with Crippen LogP contribution in [0.1, 0.15) is 56.3 Å². The van der Waals surface area contributed by atoms with E-state index in [-0.39, 0.29) is 11.4 Å². The SMILES string of the molecule is CCCCCCCSc1ncc(C(=O)OCC)c(N)n1. The first-order valence-electron chi connectivity index (χ1n) is 7.11. The topological polar surface area (TPSA) is 78.1 Å². The Bertz CT molecular complexity index is 427. The van der Waals surface area contributed by atoms with Crippen LogP contribution in [0.4, 0.5) is 5.82 Å². The van der Waals surface area contributed by atoms with Crippen LogP contribution < -0.4 is 5.73 Å². The number of ether oxygens (including phenoxy) is 1. The van der Waals surface area contributed by atoms with E-state index in [0.29, 0.717) is 11.8 Å². The van der Waals surface area contributed by atoms with E-state index in [0.717, 1.165) is 12.2 Å². The quantitative estimate of drug-likeness (QED) is 0.326. The fourth-order valence-electron chi connectivity index (χ4n) is 1.68. The number of unbranched alkanes of at least 4 members (excludes halogenated alkanes) is 4. The average molecular weight is 297 g/mol. The highest BCUT2D eigenvalue weighted by atomic mass is 32.2. The summed E-state index contributed by atoms with van der Waals surface area (Å²) in [5.74, 6) is 0.690. The largest absolute Gasteiger partial charge is 0.462 e. The zero-order chi connectivity index (χ0) is 14.8. The molecule has 1 aromatic rings. The summed E-state index contributed by atoms with van der Waals surface area (Å²) in [7, 11) is 0. The second-order valence-electron chi connectivity index (χ2n) is 4.43. The summed E-state index contributed by atoms with van der Waals surface area (Å²) < 4.78 is 4.88. The van der Waals surface area contributed by atoms with Crippen LogP contribution in [0.3, 0.4) is 0 Å². The third-order valence-corrected chi connectivity index (χ3v) is 3.72. The number of nitrogens with two attached hydrogens (primary N) is 1. The molecule has 20 heavy (non-hydrogen) atoms. The molecular weight excluding hydrogens is 274 g/mol. The minimum absolute atomic E-state index is 0.187. The predicted molar refractivity (Wildman–Crippen MR) is 81.9 cm³/mol. The number of carbonyl (C=O) groups is 1. The Kier molecular flexibility index (Phi) is 8.02. The molecule has 1 heterocycles. The van der Waals surface area contributed by atoms with Crippen molar-refractivity contribution in [2.45, 2.75) is 51.1 Å². The Balaban J connectivity index is 2.41. The van der Waals surface area contributed by atoms with Crippen LogP contribution in [0.25, 0.3) is 0 Å². The van der Waals surface area contributed by atoms with Crippen molar-refractivity contribution in [2.24, 2.45) is 0 Å². The molecule has 1 aromatic heterocycles. The number of hydrogen-bond acceptors (Lipinski definition) is 6. The lowest BCUT2D eigenvalue weighted by Gasteiger charge is -2.06. The molecule has 112 valence electrons. The zero-order valence-electron chi connectivity index (χ0n) is 12.2. The van der Waals surface area contributed by atoms with Gasteiger partial charge in [0.2, 0.25) is 0 Å². The summed E-state index contributed by atoms with van der Waals surface area (Å²) in [6.45, 7) is 4.26. The van der Waals surface area contributed by atoms with Gasteiger partial charge in [0.05, 0.1) is 6.61 Å². The monoisotopic (exact) mass is 297 g/mol. The van der Waals surface area contributed by atoms with Crippen molar-refractivity contribution in [1.29, 1.82) is 0 Å². The van der Waals surface area contributed by atoms with Crippen molar-refractivity contribution in [3.05, 3.63) is 11.8 Å². The second kappa shape index (κ2) is 9.58. The van der Waals surface area contributed by atoms with Crippen LogP contribution in [-0.2, 0) is 4.74 Å². The maximum absolute atomic E-state index is 11.5. The summed E-state index contributed by atoms with van der Waals surface area (Å²) in [6.07, 6.45) is 7.65. The van der Waals surface area contributed by atoms with Crippen LogP contribution in [0.2, 0.25) is 0 Å².